The number of amides is 1. The molecule has 7 nitrogen and oxygen atoms in total. The molecule has 1 amide bonds. The van der Waals surface area contributed by atoms with E-state index >= 15 is 0 Å². The van der Waals surface area contributed by atoms with Crippen molar-refractivity contribution in [3.8, 4) is 11.4 Å². The van der Waals surface area contributed by atoms with Crippen molar-refractivity contribution >= 4 is 34.6 Å². The molecule has 1 aliphatic rings. The Kier molecular flexibility index (Phi) is 6.87. The van der Waals surface area contributed by atoms with Gasteiger partial charge in [0.2, 0.25) is 5.91 Å². The summed E-state index contributed by atoms with van der Waals surface area (Å²) >= 11 is 5.84. The van der Waals surface area contributed by atoms with Crippen molar-refractivity contribution < 1.29 is 13.9 Å². The topological polar surface area (TPSA) is 71.4 Å². The summed E-state index contributed by atoms with van der Waals surface area (Å²) in [4.78, 5) is 18.6. The van der Waals surface area contributed by atoms with Gasteiger partial charge in [0.1, 0.15) is 17.6 Å². The molecule has 0 saturated carbocycles. The van der Waals surface area contributed by atoms with E-state index in [0.717, 1.165) is 17.1 Å². The summed E-state index contributed by atoms with van der Waals surface area (Å²) in [5.41, 5.74) is 3.78. The van der Waals surface area contributed by atoms with Crippen LogP contribution < -0.4 is 20.3 Å². The lowest BCUT2D eigenvalue weighted by Gasteiger charge is -2.29. The number of halogens is 1. The third-order valence-electron chi connectivity index (χ3n) is 6.33. The van der Waals surface area contributed by atoms with Gasteiger partial charge in [-0.2, -0.15) is 0 Å². The molecular formula is C28H26FN5O2S. The van der Waals surface area contributed by atoms with Crippen molar-refractivity contribution in [2.24, 2.45) is 0 Å². The zero-order chi connectivity index (χ0) is 25.9. The van der Waals surface area contributed by atoms with E-state index in [2.05, 4.69) is 15.6 Å². The van der Waals surface area contributed by atoms with Crippen molar-refractivity contribution in [3.63, 3.8) is 0 Å². The highest BCUT2D eigenvalue weighted by atomic mass is 32.1. The van der Waals surface area contributed by atoms with Gasteiger partial charge in [-0.3, -0.25) is 9.78 Å². The Morgan fingerprint density at radius 1 is 1.11 bits per heavy atom. The van der Waals surface area contributed by atoms with Crippen LogP contribution in [-0.2, 0) is 4.79 Å². The van der Waals surface area contributed by atoms with Crippen molar-refractivity contribution in [2.45, 2.75) is 25.4 Å². The van der Waals surface area contributed by atoms with Crippen LogP contribution in [0.2, 0.25) is 0 Å². The minimum Gasteiger partial charge on any atom is -0.494 e. The lowest BCUT2D eigenvalue weighted by molar-refractivity contribution is -0.115. The maximum atomic E-state index is 14.1. The Morgan fingerprint density at radius 3 is 2.70 bits per heavy atom. The van der Waals surface area contributed by atoms with Crippen LogP contribution in [-0.4, -0.2) is 27.7 Å². The molecule has 1 saturated heterocycles. The molecular weight excluding hydrogens is 489 g/mol. The fourth-order valence-corrected chi connectivity index (χ4v) is 4.95. The van der Waals surface area contributed by atoms with Gasteiger partial charge >= 0.3 is 0 Å². The molecule has 0 spiro atoms. The number of carbonyl (C=O) groups is 1. The summed E-state index contributed by atoms with van der Waals surface area (Å²) in [7, 11) is 1.56. The highest BCUT2D eigenvalue weighted by Gasteiger charge is 2.42. The molecule has 1 aliphatic heterocycles. The molecule has 5 rings (SSSR count). The molecule has 1 fully saturated rings. The molecule has 4 aromatic rings. The molecule has 188 valence electrons. The summed E-state index contributed by atoms with van der Waals surface area (Å²) in [6.45, 7) is 1.79. The number of nitrogens with one attached hydrogen (secondary N) is 2. The minimum absolute atomic E-state index is 0.106. The normalized spacial score (nSPS) is 16.9. The zero-order valence-electron chi connectivity index (χ0n) is 20.4. The second kappa shape index (κ2) is 10.4. The van der Waals surface area contributed by atoms with E-state index in [1.54, 1.807) is 32.4 Å². The van der Waals surface area contributed by atoms with E-state index in [1.165, 1.54) is 12.1 Å². The smallest absolute Gasteiger partial charge is 0.224 e. The first-order valence-corrected chi connectivity index (χ1v) is 12.3. The number of pyridine rings is 1. The maximum Gasteiger partial charge on any atom is 0.224 e. The predicted molar refractivity (Wildman–Crippen MR) is 146 cm³/mol. The van der Waals surface area contributed by atoms with Gasteiger partial charge in [-0.25, -0.2) is 4.39 Å². The Hall–Kier alpha value is -4.24. The molecule has 3 heterocycles. The van der Waals surface area contributed by atoms with Crippen LogP contribution >= 0.6 is 12.2 Å². The zero-order valence-corrected chi connectivity index (χ0v) is 21.2. The number of aromatic nitrogens is 2. The van der Waals surface area contributed by atoms with E-state index in [0.29, 0.717) is 28.7 Å². The number of thiocarbonyl (C=S) groups is 1. The van der Waals surface area contributed by atoms with Crippen LogP contribution in [0.1, 0.15) is 36.8 Å². The van der Waals surface area contributed by atoms with Crippen LogP contribution in [0, 0.1) is 5.82 Å². The molecule has 2 aromatic carbocycles. The maximum absolute atomic E-state index is 14.1. The van der Waals surface area contributed by atoms with Crippen molar-refractivity contribution in [1.82, 2.24) is 14.9 Å². The lowest BCUT2D eigenvalue weighted by Crippen LogP contribution is -2.30. The van der Waals surface area contributed by atoms with Gasteiger partial charge in [-0.05, 0) is 66.8 Å². The van der Waals surface area contributed by atoms with Crippen molar-refractivity contribution in [3.05, 3.63) is 102 Å². The molecule has 0 bridgehead atoms. The number of anilines is 2. The van der Waals surface area contributed by atoms with Gasteiger partial charge in [-0.1, -0.05) is 19.1 Å². The summed E-state index contributed by atoms with van der Waals surface area (Å²) < 4.78 is 21.7. The van der Waals surface area contributed by atoms with Crippen LogP contribution in [0.25, 0.3) is 5.69 Å². The highest BCUT2D eigenvalue weighted by molar-refractivity contribution is 7.80. The van der Waals surface area contributed by atoms with Gasteiger partial charge in [0.05, 0.1) is 24.5 Å². The average molecular weight is 516 g/mol. The monoisotopic (exact) mass is 515 g/mol. The standard InChI is InChI=1S/C28H26FN5O2S/c1-3-25(35)31-21-13-12-20(17-24(21)36-2)34-27(26(32-28(34)37)22-10-4-5-14-30-22)23-11-7-15-33(23)19-9-6-8-18(29)16-19/h4-17,26-27H,3H2,1-2H3,(H,31,35)(H,32,37)/t26-,27+/m0/s1. The number of hydrogen-bond donors (Lipinski definition) is 2. The van der Waals surface area contributed by atoms with Gasteiger partial charge in [0.15, 0.2) is 5.11 Å². The predicted octanol–water partition coefficient (Wildman–Crippen LogP) is 5.55. The fraction of sp³-hybridized carbons (Fsp3) is 0.179. The Bertz CT molecular complexity index is 1440. The first-order valence-electron chi connectivity index (χ1n) is 11.9. The van der Waals surface area contributed by atoms with E-state index in [9.17, 15) is 9.18 Å². The number of carbonyl (C=O) groups excluding carboxylic acids is 1. The fourth-order valence-electron chi connectivity index (χ4n) is 4.60. The van der Waals surface area contributed by atoms with E-state index < -0.39 is 0 Å². The first kappa shape index (κ1) is 24.5. The van der Waals surface area contributed by atoms with E-state index in [1.807, 2.05) is 64.2 Å². The van der Waals surface area contributed by atoms with Crippen LogP contribution in [0.15, 0.2) is 85.2 Å². The Labute approximate surface area is 219 Å². The van der Waals surface area contributed by atoms with Crippen LogP contribution in [0.5, 0.6) is 5.75 Å². The largest absolute Gasteiger partial charge is 0.494 e. The molecule has 0 radical (unpaired) electrons. The van der Waals surface area contributed by atoms with Crippen molar-refractivity contribution in [1.29, 1.82) is 0 Å². The lowest BCUT2D eigenvalue weighted by atomic mass is 10.0. The quantitative estimate of drug-likeness (QED) is 0.315. The molecule has 0 unspecified atom stereocenters. The number of methoxy groups -OCH3 is 1. The summed E-state index contributed by atoms with van der Waals surface area (Å²) in [6.07, 6.45) is 4.01. The minimum atomic E-state index is -0.318. The van der Waals surface area contributed by atoms with E-state index in [-0.39, 0.29) is 23.8 Å². The third-order valence-corrected chi connectivity index (χ3v) is 6.64. The molecule has 37 heavy (non-hydrogen) atoms. The van der Waals surface area contributed by atoms with E-state index in [4.69, 9.17) is 17.0 Å². The van der Waals surface area contributed by atoms with Gasteiger partial charge in [0, 0.05) is 41.9 Å². The summed E-state index contributed by atoms with van der Waals surface area (Å²) in [5.74, 6) is 0.0953. The van der Waals surface area contributed by atoms with Crippen molar-refractivity contribution in [2.75, 3.05) is 17.3 Å². The van der Waals surface area contributed by atoms with Gasteiger partial charge < -0.3 is 24.8 Å². The highest BCUT2D eigenvalue weighted by Crippen LogP contribution is 2.43. The Balaban J connectivity index is 1.63. The van der Waals surface area contributed by atoms with Crippen LogP contribution in [0.3, 0.4) is 0 Å². The second-order valence-corrected chi connectivity index (χ2v) is 8.95. The van der Waals surface area contributed by atoms with Crippen LogP contribution in [0.4, 0.5) is 15.8 Å². The second-order valence-electron chi connectivity index (χ2n) is 8.57. The number of hydrogen-bond acceptors (Lipinski definition) is 4. The molecule has 2 N–H and O–H groups in total. The van der Waals surface area contributed by atoms with Gasteiger partial charge in [-0.15, -0.1) is 0 Å². The average Bonchev–Trinajstić information content (AvgIpc) is 3.53. The summed E-state index contributed by atoms with van der Waals surface area (Å²) in [6, 6.07) is 21.1. The molecule has 2 atom stereocenters. The molecule has 0 aliphatic carbocycles. The molecule has 9 heteroatoms. The number of ether oxygens (including phenoxy) is 1. The number of nitrogens with zero attached hydrogens (tertiary/aromatic N) is 3. The summed E-state index contributed by atoms with van der Waals surface area (Å²) in [5, 5.41) is 6.82. The SMILES string of the molecule is CCC(=O)Nc1ccc(N2C(=S)N[C@@H](c3ccccn3)[C@H]2c2cccn2-c2cccc(F)c2)cc1OC. The number of benzene rings is 2. The Morgan fingerprint density at radius 2 is 1.97 bits per heavy atom. The number of rotatable bonds is 7. The van der Waals surface area contributed by atoms with Gasteiger partial charge in [0.25, 0.3) is 0 Å². The third kappa shape index (κ3) is 4.77. The first-order chi connectivity index (χ1) is 18.0. The molecule has 2 aromatic heterocycles.